The molecule has 2 aromatic rings. The fourth-order valence-electron chi connectivity index (χ4n) is 2.16. The van der Waals surface area contributed by atoms with E-state index in [0.29, 0.717) is 23.8 Å². The summed E-state index contributed by atoms with van der Waals surface area (Å²) in [5.41, 5.74) is 0.295. The van der Waals surface area contributed by atoms with Gasteiger partial charge in [-0.05, 0) is 50.2 Å². The van der Waals surface area contributed by atoms with Crippen LogP contribution in [0.2, 0.25) is 0 Å². The number of rotatable bonds is 8. The number of nitrogens with zero attached hydrogens (tertiary/aromatic N) is 1. The maximum atomic E-state index is 12.3. The molecule has 138 valence electrons. The lowest BCUT2D eigenvalue weighted by atomic mass is 10.2. The lowest BCUT2D eigenvalue weighted by molar-refractivity contribution is -0.386. The Morgan fingerprint density at radius 1 is 1.19 bits per heavy atom. The van der Waals surface area contributed by atoms with Gasteiger partial charge in [-0.25, -0.2) is 0 Å². The van der Waals surface area contributed by atoms with E-state index >= 15 is 0 Å². The summed E-state index contributed by atoms with van der Waals surface area (Å²) in [4.78, 5) is 22.9. The zero-order chi connectivity index (χ0) is 19.1. The van der Waals surface area contributed by atoms with Crippen molar-refractivity contribution in [2.75, 3.05) is 19.0 Å². The molecule has 0 aliphatic carbocycles. The number of carbonyl (C=O) groups is 1. The molecule has 0 fully saturated rings. The molecular weight excluding hydrogens is 340 g/mol. The number of carbonyl (C=O) groups excluding carboxylic acids is 1. The fraction of sp³-hybridized carbons (Fsp3) is 0.278. The van der Waals surface area contributed by atoms with Crippen LogP contribution in [0.25, 0.3) is 0 Å². The Labute approximate surface area is 150 Å². The van der Waals surface area contributed by atoms with Crippen molar-refractivity contribution in [3.05, 3.63) is 52.6 Å². The Morgan fingerprint density at radius 2 is 1.85 bits per heavy atom. The summed E-state index contributed by atoms with van der Waals surface area (Å²) in [7, 11) is 1.41. The van der Waals surface area contributed by atoms with Crippen LogP contribution in [0.3, 0.4) is 0 Å². The van der Waals surface area contributed by atoms with Gasteiger partial charge in [-0.3, -0.25) is 14.9 Å². The van der Waals surface area contributed by atoms with E-state index in [2.05, 4.69) is 5.32 Å². The molecule has 8 heteroatoms. The molecule has 26 heavy (non-hydrogen) atoms. The maximum Gasteiger partial charge on any atom is 0.314 e. The van der Waals surface area contributed by atoms with Crippen molar-refractivity contribution in [2.45, 2.75) is 20.0 Å². The lowest BCUT2D eigenvalue weighted by Gasteiger charge is -2.15. The summed E-state index contributed by atoms with van der Waals surface area (Å²) in [6.45, 7) is 3.95. The first-order valence-corrected chi connectivity index (χ1v) is 7.97. The first kappa shape index (κ1) is 19.0. The first-order chi connectivity index (χ1) is 12.4. The Hall–Kier alpha value is -3.29. The van der Waals surface area contributed by atoms with Crippen molar-refractivity contribution < 1.29 is 23.9 Å². The number of nitrogens with one attached hydrogen (secondary N) is 1. The average Bonchev–Trinajstić information content (AvgIpc) is 2.63. The molecule has 8 nitrogen and oxygen atoms in total. The summed E-state index contributed by atoms with van der Waals surface area (Å²) in [6, 6.07) is 11.0. The van der Waals surface area contributed by atoms with Gasteiger partial charge in [0.15, 0.2) is 11.9 Å². The van der Waals surface area contributed by atoms with E-state index in [0.717, 1.165) is 0 Å². The van der Waals surface area contributed by atoms with Gasteiger partial charge in [-0.2, -0.15) is 0 Å². The second-order valence-corrected chi connectivity index (χ2v) is 5.30. The number of benzene rings is 2. The number of hydrogen-bond acceptors (Lipinski definition) is 6. The number of nitro groups is 1. The SMILES string of the molecule is CCOc1ccc(NC(=O)[C@@H](C)Oc2ccc(OC)cc2[N+](=O)[O-])cc1. The lowest BCUT2D eigenvalue weighted by Crippen LogP contribution is -2.30. The van der Waals surface area contributed by atoms with Gasteiger partial charge in [0.25, 0.3) is 5.91 Å². The summed E-state index contributed by atoms with van der Waals surface area (Å²) in [5.74, 6) is 0.587. The van der Waals surface area contributed by atoms with E-state index in [1.807, 2.05) is 6.92 Å². The van der Waals surface area contributed by atoms with Crippen LogP contribution in [0.15, 0.2) is 42.5 Å². The highest BCUT2D eigenvalue weighted by Gasteiger charge is 2.22. The van der Waals surface area contributed by atoms with Crippen LogP contribution in [0.4, 0.5) is 11.4 Å². The number of nitro benzene ring substituents is 1. The molecule has 0 spiro atoms. The zero-order valence-electron chi connectivity index (χ0n) is 14.7. The molecular formula is C18H20N2O6. The molecule has 0 radical (unpaired) electrons. The molecule has 2 rings (SSSR count). The van der Waals surface area contributed by atoms with E-state index in [1.165, 1.54) is 32.2 Å². The smallest absolute Gasteiger partial charge is 0.314 e. The number of hydrogen-bond donors (Lipinski definition) is 1. The maximum absolute atomic E-state index is 12.3. The Morgan fingerprint density at radius 3 is 2.42 bits per heavy atom. The standard InChI is InChI=1S/C18H20N2O6/c1-4-25-14-7-5-13(6-8-14)19-18(21)12(2)26-17-10-9-15(24-3)11-16(17)20(22)23/h5-12H,4H2,1-3H3,(H,19,21)/t12-/m1/s1. The Bertz CT molecular complexity index is 776. The zero-order valence-corrected chi connectivity index (χ0v) is 14.7. The van der Waals surface area contributed by atoms with Crippen LogP contribution in [0.5, 0.6) is 17.2 Å². The molecule has 0 unspecified atom stereocenters. The highest BCUT2D eigenvalue weighted by molar-refractivity contribution is 5.94. The van der Waals surface area contributed by atoms with Crippen LogP contribution in [0, 0.1) is 10.1 Å². The molecule has 0 aromatic heterocycles. The third kappa shape index (κ3) is 4.85. The Kier molecular flexibility index (Phi) is 6.37. The minimum atomic E-state index is -0.936. The van der Waals surface area contributed by atoms with Crippen molar-refractivity contribution in [3.8, 4) is 17.2 Å². The van der Waals surface area contributed by atoms with Crippen LogP contribution in [0.1, 0.15) is 13.8 Å². The minimum Gasteiger partial charge on any atom is -0.496 e. The van der Waals surface area contributed by atoms with E-state index in [-0.39, 0.29) is 11.4 Å². The summed E-state index contributed by atoms with van der Waals surface area (Å²) in [6.07, 6.45) is -0.936. The molecule has 0 saturated heterocycles. The predicted octanol–water partition coefficient (Wildman–Crippen LogP) is 3.41. The van der Waals surface area contributed by atoms with Gasteiger partial charge < -0.3 is 19.5 Å². The molecule has 1 atom stereocenters. The quantitative estimate of drug-likeness (QED) is 0.572. The summed E-state index contributed by atoms with van der Waals surface area (Å²) >= 11 is 0. The monoisotopic (exact) mass is 360 g/mol. The van der Waals surface area contributed by atoms with Crippen molar-refractivity contribution in [1.82, 2.24) is 0 Å². The van der Waals surface area contributed by atoms with Gasteiger partial charge in [0.2, 0.25) is 0 Å². The highest BCUT2D eigenvalue weighted by Crippen LogP contribution is 2.31. The average molecular weight is 360 g/mol. The third-order valence-corrected chi connectivity index (χ3v) is 3.47. The second kappa shape index (κ2) is 8.70. The van der Waals surface area contributed by atoms with E-state index < -0.39 is 16.9 Å². The minimum absolute atomic E-state index is 0.00913. The third-order valence-electron chi connectivity index (χ3n) is 3.47. The molecule has 1 N–H and O–H groups in total. The van der Waals surface area contributed by atoms with Crippen LogP contribution in [-0.2, 0) is 4.79 Å². The molecule has 2 aromatic carbocycles. The van der Waals surface area contributed by atoms with Crippen molar-refractivity contribution in [1.29, 1.82) is 0 Å². The molecule has 0 saturated carbocycles. The Balaban J connectivity index is 2.06. The number of amides is 1. The summed E-state index contributed by atoms with van der Waals surface area (Å²) in [5, 5.41) is 13.9. The molecule has 0 bridgehead atoms. The van der Waals surface area contributed by atoms with Gasteiger partial charge in [0.05, 0.1) is 24.7 Å². The predicted molar refractivity (Wildman–Crippen MR) is 96.0 cm³/mol. The number of anilines is 1. The molecule has 0 aliphatic heterocycles. The van der Waals surface area contributed by atoms with Gasteiger partial charge in [0, 0.05) is 5.69 Å². The summed E-state index contributed by atoms with van der Waals surface area (Å²) < 4.78 is 15.8. The van der Waals surface area contributed by atoms with Crippen LogP contribution < -0.4 is 19.5 Å². The van der Waals surface area contributed by atoms with Gasteiger partial charge in [-0.1, -0.05) is 0 Å². The van der Waals surface area contributed by atoms with Crippen LogP contribution >= 0.6 is 0 Å². The normalized spacial score (nSPS) is 11.3. The van der Waals surface area contributed by atoms with Crippen molar-refractivity contribution >= 4 is 17.3 Å². The topological polar surface area (TPSA) is 99.9 Å². The van der Waals surface area contributed by atoms with Crippen LogP contribution in [-0.4, -0.2) is 30.7 Å². The number of methoxy groups -OCH3 is 1. The van der Waals surface area contributed by atoms with E-state index in [1.54, 1.807) is 24.3 Å². The first-order valence-electron chi connectivity index (χ1n) is 7.97. The highest BCUT2D eigenvalue weighted by atomic mass is 16.6. The van der Waals surface area contributed by atoms with Crippen molar-refractivity contribution in [3.63, 3.8) is 0 Å². The molecule has 0 heterocycles. The van der Waals surface area contributed by atoms with Gasteiger partial charge in [0.1, 0.15) is 11.5 Å². The molecule has 1 amide bonds. The molecule has 0 aliphatic rings. The van der Waals surface area contributed by atoms with Gasteiger partial charge in [-0.15, -0.1) is 0 Å². The van der Waals surface area contributed by atoms with Crippen molar-refractivity contribution in [2.24, 2.45) is 0 Å². The largest absolute Gasteiger partial charge is 0.496 e. The fourth-order valence-corrected chi connectivity index (χ4v) is 2.16. The number of ether oxygens (including phenoxy) is 3. The van der Waals surface area contributed by atoms with E-state index in [9.17, 15) is 14.9 Å². The van der Waals surface area contributed by atoms with E-state index in [4.69, 9.17) is 14.2 Å². The van der Waals surface area contributed by atoms with Gasteiger partial charge >= 0.3 is 5.69 Å². The second-order valence-electron chi connectivity index (χ2n) is 5.30.